The summed E-state index contributed by atoms with van der Waals surface area (Å²) in [5, 5.41) is 3.06. The summed E-state index contributed by atoms with van der Waals surface area (Å²) in [5.41, 5.74) is 1.79. The molecule has 26 heavy (non-hydrogen) atoms. The highest BCUT2D eigenvalue weighted by molar-refractivity contribution is 5.94. The lowest BCUT2D eigenvalue weighted by molar-refractivity contribution is -0.126. The van der Waals surface area contributed by atoms with Crippen molar-refractivity contribution in [1.29, 1.82) is 0 Å². The molecule has 0 radical (unpaired) electrons. The highest BCUT2D eigenvalue weighted by Crippen LogP contribution is 2.24. The van der Waals surface area contributed by atoms with Crippen molar-refractivity contribution >= 4 is 11.8 Å². The number of carbonyl (C=O) groups excluding carboxylic acids is 2. The third-order valence-electron chi connectivity index (χ3n) is 5.80. The van der Waals surface area contributed by atoms with Crippen LogP contribution < -0.4 is 5.32 Å². The Balaban J connectivity index is 1.53. The second kappa shape index (κ2) is 8.70. The first-order valence-electron chi connectivity index (χ1n) is 10.2. The van der Waals surface area contributed by atoms with Crippen molar-refractivity contribution in [2.75, 3.05) is 13.1 Å². The summed E-state index contributed by atoms with van der Waals surface area (Å²) < 4.78 is 0. The Bertz CT molecular complexity index is 610. The minimum absolute atomic E-state index is 0.126. The molecule has 2 unspecified atom stereocenters. The highest BCUT2D eigenvalue weighted by Gasteiger charge is 2.26. The number of hydrogen-bond donors (Lipinski definition) is 1. The minimum atomic E-state index is 0.126. The lowest BCUT2D eigenvalue weighted by Crippen LogP contribution is -2.42. The molecular weight excluding hydrogens is 324 g/mol. The van der Waals surface area contributed by atoms with Crippen LogP contribution in [-0.4, -0.2) is 29.8 Å². The van der Waals surface area contributed by atoms with Crippen molar-refractivity contribution in [3.63, 3.8) is 0 Å². The van der Waals surface area contributed by atoms with Gasteiger partial charge in [-0.25, -0.2) is 0 Å². The Hall–Kier alpha value is -1.84. The van der Waals surface area contributed by atoms with E-state index >= 15 is 0 Å². The SMILES string of the molecule is CC1CC(C)CN(C(=O)c2ccc(CNC(=O)C3CCCCC3)cc2)C1. The number of hydrogen-bond acceptors (Lipinski definition) is 2. The van der Waals surface area contributed by atoms with Crippen LogP contribution in [0.5, 0.6) is 0 Å². The Morgan fingerprint density at radius 3 is 2.23 bits per heavy atom. The normalized spacial score (nSPS) is 24.3. The fraction of sp³-hybridized carbons (Fsp3) is 0.636. The van der Waals surface area contributed by atoms with Gasteiger partial charge in [0.25, 0.3) is 5.91 Å². The molecule has 1 N–H and O–H groups in total. The monoisotopic (exact) mass is 356 g/mol. The van der Waals surface area contributed by atoms with Gasteiger partial charge in [-0.1, -0.05) is 45.2 Å². The van der Waals surface area contributed by atoms with Crippen molar-refractivity contribution in [2.24, 2.45) is 17.8 Å². The van der Waals surface area contributed by atoms with E-state index in [4.69, 9.17) is 0 Å². The molecule has 4 heteroatoms. The molecule has 1 aromatic carbocycles. The molecule has 0 aromatic heterocycles. The van der Waals surface area contributed by atoms with Crippen LogP contribution in [0.2, 0.25) is 0 Å². The maximum absolute atomic E-state index is 12.7. The smallest absolute Gasteiger partial charge is 0.253 e. The van der Waals surface area contributed by atoms with Gasteiger partial charge in [0.15, 0.2) is 0 Å². The van der Waals surface area contributed by atoms with Gasteiger partial charge in [0, 0.05) is 31.1 Å². The molecule has 3 rings (SSSR count). The van der Waals surface area contributed by atoms with E-state index in [1.807, 2.05) is 29.2 Å². The molecule has 2 atom stereocenters. The van der Waals surface area contributed by atoms with Gasteiger partial charge in [-0.05, 0) is 48.8 Å². The third kappa shape index (κ3) is 4.87. The number of amides is 2. The molecular formula is C22H32N2O2. The van der Waals surface area contributed by atoms with E-state index in [1.165, 1.54) is 25.7 Å². The van der Waals surface area contributed by atoms with E-state index in [9.17, 15) is 9.59 Å². The van der Waals surface area contributed by atoms with E-state index in [2.05, 4.69) is 19.2 Å². The van der Waals surface area contributed by atoms with Crippen molar-refractivity contribution < 1.29 is 9.59 Å². The van der Waals surface area contributed by atoms with Crippen LogP contribution in [0.3, 0.4) is 0 Å². The quantitative estimate of drug-likeness (QED) is 0.886. The number of nitrogens with one attached hydrogen (secondary N) is 1. The highest BCUT2D eigenvalue weighted by atomic mass is 16.2. The van der Waals surface area contributed by atoms with Gasteiger partial charge in [0.05, 0.1) is 0 Å². The van der Waals surface area contributed by atoms with E-state index < -0.39 is 0 Å². The number of nitrogens with zero attached hydrogens (tertiary/aromatic N) is 1. The number of benzene rings is 1. The first-order chi connectivity index (χ1) is 12.5. The molecule has 2 amide bonds. The predicted molar refractivity (Wildman–Crippen MR) is 104 cm³/mol. The fourth-order valence-electron chi connectivity index (χ4n) is 4.47. The summed E-state index contributed by atoms with van der Waals surface area (Å²) in [7, 11) is 0. The number of piperidine rings is 1. The van der Waals surface area contributed by atoms with Crippen molar-refractivity contribution in [1.82, 2.24) is 10.2 Å². The van der Waals surface area contributed by atoms with E-state index in [0.717, 1.165) is 37.1 Å². The summed E-state index contributed by atoms with van der Waals surface area (Å²) in [6.07, 6.45) is 6.83. The third-order valence-corrected chi connectivity index (χ3v) is 5.80. The van der Waals surface area contributed by atoms with Crippen molar-refractivity contribution in [3.8, 4) is 0 Å². The van der Waals surface area contributed by atoms with Gasteiger partial charge >= 0.3 is 0 Å². The number of carbonyl (C=O) groups is 2. The molecule has 1 aliphatic heterocycles. The van der Waals surface area contributed by atoms with Crippen molar-refractivity contribution in [2.45, 2.75) is 58.9 Å². The topological polar surface area (TPSA) is 49.4 Å². The van der Waals surface area contributed by atoms with Gasteiger partial charge in [-0.2, -0.15) is 0 Å². The Morgan fingerprint density at radius 2 is 1.62 bits per heavy atom. The molecule has 0 bridgehead atoms. The Labute approximate surface area is 157 Å². The van der Waals surface area contributed by atoms with E-state index in [0.29, 0.717) is 18.4 Å². The first-order valence-corrected chi connectivity index (χ1v) is 10.2. The summed E-state index contributed by atoms with van der Waals surface area (Å²) in [6.45, 7) is 6.67. The number of rotatable bonds is 4. The number of likely N-dealkylation sites (tertiary alicyclic amines) is 1. The molecule has 2 aliphatic rings. The van der Waals surface area contributed by atoms with E-state index in [1.54, 1.807) is 0 Å². The Kier molecular flexibility index (Phi) is 6.33. The van der Waals surface area contributed by atoms with Gasteiger partial charge in [0.2, 0.25) is 5.91 Å². The molecule has 1 aromatic rings. The average Bonchev–Trinajstić information content (AvgIpc) is 2.66. The molecule has 2 fully saturated rings. The second-order valence-corrected chi connectivity index (χ2v) is 8.41. The summed E-state index contributed by atoms with van der Waals surface area (Å²) >= 11 is 0. The van der Waals surface area contributed by atoms with Crippen LogP contribution >= 0.6 is 0 Å². The Morgan fingerprint density at radius 1 is 1.00 bits per heavy atom. The summed E-state index contributed by atoms with van der Waals surface area (Å²) in [6, 6.07) is 7.72. The summed E-state index contributed by atoms with van der Waals surface area (Å²) in [5.74, 6) is 1.63. The molecule has 1 saturated carbocycles. The van der Waals surface area contributed by atoms with Crippen LogP contribution in [0.4, 0.5) is 0 Å². The standard InChI is InChI=1S/C22H32N2O2/c1-16-12-17(2)15-24(14-16)22(26)20-10-8-18(9-11-20)13-23-21(25)19-6-4-3-5-7-19/h8-11,16-17,19H,3-7,12-15H2,1-2H3,(H,23,25). The van der Waals surface area contributed by atoms with Gasteiger partial charge in [-0.15, -0.1) is 0 Å². The first kappa shape index (κ1) is 18.9. The zero-order valence-corrected chi connectivity index (χ0v) is 16.2. The van der Waals surface area contributed by atoms with Crippen molar-refractivity contribution in [3.05, 3.63) is 35.4 Å². The molecule has 1 saturated heterocycles. The second-order valence-electron chi connectivity index (χ2n) is 8.41. The predicted octanol–water partition coefficient (Wildman–Crippen LogP) is 4.00. The lowest BCUT2D eigenvalue weighted by atomic mass is 9.88. The molecule has 0 spiro atoms. The van der Waals surface area contributed by atoms with Crippen LogP contribution in [-0.2, 0) is 11.3 Å². The van der Waals surface area contributed by atoms with Gasteiger partial charge in [0.1, 0.15) is 0 Å². The largest absolute Gasteiger partial charge is 0.352 e. The van der Waals surface area contributed by atoms with Crippen LogP contribution in [0.15, 0.2) is 24.3 Å². The van der Waals surface area contributed by atoms with Crippen LogP contribution in [0.1, 0.15) is 68.3 Å². The fourth-order valence-corrected chi connectivity index (χ4v) is 4.47. The molecule has 142 valence electrons. The zero-order valence-electron chi connectivity index (χ0n) is 16.2. The van der Waals surface area contributed by atoms with Crippen LogP contribution in [0.25, 0.3) is 0 Å². The minimum Gasteiger partial charge on any atom is -0.352 e. The van der Waals surface area contributed by atoms with Crippen LogP contribution in [0, 0.1) is 17.8 Å². The molecule has 1 aliphatic carbocycles. The van der Waals surface area contributed by atoms with Gasteiger partial charge in [-0.3, -0.25) is 9.59 Å². The zero-order chi connectivity index (χ0) is 18.5. The summed E-state index contributed by atoms with van der Waals surface area (Å²) in [4.78, 5) is 27.0. The lowest BCUT2D eigenvalue weighted by Gasteiger charge is -2.35. The average molecular weight is 357 g/mol. The molecule has 4 nitrogen and oxygen atoms in total. The van der Waals surface area contributed by atoms with Gasteiger partial charge < -0.3 is 10.2 Å². The maximum atomic E-state index is 12.7. The maximum Gasteiger partial charge on any atom is 0.253 e. The molecule has 1 heterocycles. The van der Waals surface area contributed by atoms with E-state index in [-0.39, 0.29) is 17.7 Å².